The Morgan fingerprint density at radius 3 is 2.40 bits per heavy atom. The van der Waals surface area contributed by atoms with Crippen molar-refractivity contribution in [2.45, 2.75) is 30.7 Å². The van der Waals surface area contributed by atoms with Gasteiger partial charge < -0.3 is 15.2 Å². The van der Waals surface area contributed by atoms with Crippen molar-refractivity contribution in [2.24, 2.45) is 0 Å². The molecule has 0 aliphatic carbocycles. The van der Waals surface area contributed by atoms with Gasteiger partial charge in [0, 0.05) is 4.90 Å². The molecule has 1 amide bonds. The zero-order chi connectivity index (χ0) is 15.2. The second-order valence-corrected chi connectivity index (χ2v) is 5.55. The average Bonchev–Trinajstić information content (AvgIpc) is 2.45. The lowest BCUT2D eigenvalue weighted by molar-refractivity contribution is -0.146. The number of hydrogen-bond donors (Lipinski definition) is 2. The smallest absolute Gasteiger partial charge is 0.329 e. The van der Waals surface area contributed by atoms with Crippen LogP contribution in [0.1, 0.15) is 20.3 Å². The van der Waals surface area contributed by atoms with E-state index >= 15 is 0 Å². The summed E-state index contributed by atoms with van der Waals surface area (Å²) in [5.41, 5.74) is -1.21. The molecule has 1 atom stereocenters. The number of rotatable bonds is 7. The first kappa shape index (κ1) is 16.4. The van der Waals surface area contributed by atoms with Gasteiger partial charge in [-0.25, -0.2) is 4.79 Å². The third kappa shape index (κ3) is 4.45. The Bertz CT molecular complexity index is 475. The van der Waals surface area contributed by atoms with Gasteiger partial charge in [-0.3, -0.25) is 4.79 Å². The van der Waals surface area contributed by atoms with Crippen LogP contribution in [0.25, 0.3) is 0 Å². The molecule has 0 saturated heterocycles. The molecule has 0 saturated carbocycles. The van der Waals surface area contributed by atoms with Crippen molar-refractivity contribution in [1.29, 1.82) is 0 Å². The Hall–Kier alpha value is -1.69. The highest BCUT2D eigenvalue weighted by Gasteiger charge is 2.32. The molecular formula is C14H19NO4S. The molecule has 0 spiro atoms. The molecule has 1 aromatic carbocycles. The predicted molar refractivity (Wildman–Crippen MR) is 78.2 cm³/mol. The van der Waals surface area contributed by atoms with Crippen LogP contribution < -0.4 is 10.1 Å². The SMILES string of the molecule is CCC(C)(NC(=O)CSc1ccc(OC)cc1)C(=O)O. The molecule has 0 aliphatic heterocycles. The van der Waals surface area contributed by atoms with Crippen molar-refractivity contribution >= 4 is 23.6 Å². The van der Waals surface area contributed by atoms with E-state index in [-0.39, 0.29) is 11.7 Å². The molecule has 1 aromatic rings. The van der Waals surface area contributed by atoms with Gasteiger partial charge in [0.05, 0.1) is 12.9 Å². The van der Waals surface area contributed by atoms with Gasteiger partial charge in [0.15, 0.2) is 0 Å². The zero-order valence-corrected chi connectivity index (χ0v) is 12.6. The van der Waals surface area contributed by atoms with Crippen LogP contribution in [-0.4, -0.2) is 35.4 Å². The number of carbonyl (C=O) groups is 2. The third-order valence-corrected chi connectivity index (χ3v) is 4.04. The third-order valence-electron chi connectivity index (χ3n) is 3.02. The highest BCUT2D eigenvalue weighted by molar-refractivity contribution is 8.00. The van der Waals surface area contributed by atoms with E-state index in [0.717, 1.165) is 10.6 Å². The molecule has 0 aliphatic rings. The zero-order valence-electron chi connectivity index (χ0n) is 11.8. The minimum absolute atomic E-state index is 0.176. The summed E-state index contributed by atoms with van der Waals surface area (Å²) in [6, 6.07) is 7.33. The molecule has 1 unspecified atom stereocenters. The van der Waals surface area contributed by atoms with E-state index in [1.54, 1.807) is 14.0 Å². The molecule has 20 heavy (non-hydrogen) atoms. The van der Waals surface area contributed by atoms with Crippen molar-refractivity contribution in [1.82, 2.24) is 5.32 Å². The molecule has 1 rings (SSSR count). The maximum absolute atomic E-state index is 11.8. The number of carbonyl (C=O) groups excluding carboxylic acids is 1. The van der Waals surface area contributed by atoms with Crippen molar-refractivity contribution in [2.75, 3.05) is 12.9 Å². The summed E-state index contributed by atoms with van der Waals surface area (Å²) in [6.45, 7) is 3.23. The summed E-state index contributed by atoms with van der Waals surface area (Å²) in [5.74, 6) is -0.390. The lowest BCUT2D eigenvalue weighted by atomic mass is 9.99. The first-order valence-corrected chi connectivity index (χ1v) is 7.21. The Kier molecular flexibility index (Phi) is 5.88. The van der Waals surface area contributed by atoms with Gasteiger partial charge in [0.1, 0.15) is 11.3 Å². The molecule has 0 fully saturated rings. The standard InChI is InChI=1S/C14H19NO4S/c1-4-14(2,13(17)18)15-12(16)9-20-11-7-5-10(19-3)6-8-11/h5-8H,4,9H2,1-3H3,(H,15,16)(H,17,18). The lowest BCUT2D eigenvalue weighted by Crippen LogP contribution is -2.52. The molecule has 0 heterocycles. The van der Waals surface area contributed by atoms with E-state index in [1.165, 1.54) is 18.7 Å². The van der Waals surface area contributed by atoms with Crippen LogP contribution in [0.5, 0.6) is 5.75 Å². The van der Waals surface area contributed by atoms with E-state index in [1.807, 2.05) is 24.3 Å². The second-order valence-electron chi connectivity index (χ2n) is 4.50. The number of hydrogen-bond acceptors (Lipinski definition) is 4. The predicted octanol–water partition coefficient (Wildman–Crippen LogP) is 2.16. The average molecular weight is 297 g/mol. The monoisotopic (exact) mass is 297 g/mol. The molecule has 0 aromatic heterocycles. The van der Waals surface area contributed by atoms with Crippen molar-refractivity contribution in [3.63, 3.8) is 0 Å². The van der Waals surface area contributed by atoms with Gasteiger partial charge in [-0.1, -0.05) is 6.92 Å². The molecule has 0 bridgehead atoms. The fraction of sp³-hybridized carbons (Fsp3) is 0.429. The van der Waals surface area contributed by atoms with E-state index in [0.29, 0.717) is 6.42 Å². The number of nitrogens with one attached hydrogen (secondary N) is 1. The molecule has 0 radical (unpaired) electrons. The maximum Gasteiger partial charge on any atom is 0.329 e. The van der Waals surface area contributed by atoms with E-state index < -0.39 is 11.5 Å². The summed E-state index contributed by atoms with van der Waals surface area (Å²) in [7, 11) is 1.59. The van der Waals surface area contributed by atoms with E-state index in [4.69, 9.17) is 9.84 Å². The largest absolute Gasteiger partial charge is 0.497 e. The highest BCUT2D eigenvalue weighted by atomic mass is 32.2. The van der Waals surface area contributed by atoms with Crippen LogP contribution in [-0.2, 0) is 9.59 Å². The fourth-order valence-corrected chi connectivity index (χ4v) is 2.16. The van der Waals surface area contributed by atoms with Crippen molar-refractivity contribution in [3.05, 3.63) is 24.3 Å². The Morgan fingerprint density at radius 1 is 1.35 bits per heavy atom. The Morgan fingerprint density at radius 2 is 1.95 bits per heavy atom. The molecule has 6 heteroatoms. The van der Waals surface area contributed by atoms with E-state index in [9.17, 15) is 9.59 Å². The first-order valence-electron chi connectivity index (χ1n) is 6.22. The normalized spacial score (nSPS) is 13.3. The molecule has 5 nitrogen and oxygen atoms in total. The maximum atomic E-state index is 11.8. The van der Waals surface area contributed by atoms with Gasteiger partial charge >= 0.3 is 5.97 Å². The Labute approximate surface area is 122 Å². The minimum Gasteiger partial charge on any atom is -0.497 e. The number of carboxylic acid groups (broad SMARTS) is 1. The quantitative estimate of drug-likeness (QED) is 0.754. The highest BCUT2D eigenvalue weighted by Crippen LogP contribution is 2.21. The van der Waals surface area contributed by atoms with Gasteiger partial charge in [0.25, 0.3) is 0 Å². The number of thioether (sulfide) groups is 1. The number of carboxylic acids is 1. The Balaban J connectivity index is 2.52. The topological polar surface area (TPSA) is 75.6 Å². The van der Waals surface area contributed by atoms with Gasteiger partial charge in [-0.05, 0) is 37.6 Å². The number of aliphatic carboxylic acids is 1. The van der Waals surface area contributed by atoms with E-state index in [2.05, 4.69) is 5.32 Å². The summed E-state index contributed by atoms with van der Waals surface area (Å²) >= 11 is 1.35. The number of benzene rings is 1. The second kappa shape index (κ2) is 7.19. The van der Waals surface area contributed by atoms with Crippen LogP contribution in [0.2, 0.25) is 0 Å². The van der Waals surface area contributed by atoms with Crippen LogP contribution >= 0.6 is 11.8 Å². The summed E-state index contributed by atoms with van der Waals surface area (Å²) in [4.78, 5) is 23.8. The lowest BCUT2D eigenvalue weighted by Gasteiger charge is -2.24. The number of ether oxygens (including phenoxy) is 1. The van der Waals surface area contributed by atoms with Crippen LogP contribution in [0.15, 0.2) is 29.2 Å². The van der Waals surface area contributed by atoms with Gasteiger partial charge in [-0.15, -0.1) is 11.8 Å². The summed E-state index contributed by atoms with van der Waals surface area (Å²) < 4.78 is 5.05. The molecular weight excluding hydrogens is 278 g/mol. The molecule has 2 N–H and O–H groups in total. The number of methoxy groups -OCH3 is 1. The van der Waals surface area contributed by atoms with Crippen LogP contribution in [0.3, 0.4) is 0 Å². The molecule has 110 valence electrons. The fourth-order valence-electron chi connectivity index (χ4n) is 1.46. The number of amides is 1. The summed E-state index contributed by atoms with van der Waals surface area (Å²) in [6.07, 6.45) is 0.335. The van der Waals surface area contributed by atoms with Gasteiger partial charge in [0.2, 0.25) is 5.91 Å². The van der Waals surface area contributed by atoms with Crippen molar-refractivity contribution < 1.29 is 19.4 Å². The van der Waals surface area contributed by atoms with Crippen LogP contribution in [0, 0.1) is 0 Å². The minimum atomic E-state index is -1.21. The first-order chi connectivity index (χ1) is 9.41. The van der Waals surface area contributed by atoms with Gasteiger partial charge in [-0.2, -0.15) is 0 Å². The van der Waals surface area contributed by atoms with Crippen molar-refractivity contribution in [3.8, 4) is 5.75 Å². The van der Waals surface area contributed by atoms with Crippen LogP contribution in [0.4, 0.5) is 0 Å². The summed E-state index contributed by atoms with van der Waals surface area (Å²) in [5, 5.41) is 11.6.